The number of phenolic OH excluding ortho intramolecular Hbond substituents is 2. The van der Waals surface area contributed by atoms with Crippen LogP contribution in [-0.4, -0.2) is 18.3 Å². The van der Waals surface area contributed by atoms with E-state index in [0.29, 0.717) is 11.5 Å². The number of hydrogen-bond donors (Lipinski definition) is 2. The largest absolute Gasteiger partial charge is 0.507 e. The van der Waals surface area contributed by atoms with Crippen LogP contribution in [0.2, 0.25) is 25.7 Å². The number of hydrogen-bond acceptors (Lipinski definition) is 2. The van der Waals surface area contributed by atoms with Crippen LogP contribution in [0.1, 0.15) is 28.7 Å². The van der Waals surface area contributed by atoms with E-state index in [1.54, 1.807) is 0 Å². The Morgan fingerprint density at radius 3 is 1.83 bits per heavy atom. The van der Waals surface area contributed by atoms with Crippen LogP contribution in [0.3, 0.4) is 0 Å². The molecule has 0 heterocycles. The molecule has 0 bridgehead atoms. The summed E-state index contributed by atoms with van der Waals surface area (Å²) >= 11 is 0. The molecule has 0 aliphatic carbocycles. The molecule has 0 radical (unpaired) electrons. The molecule has 0 saturated carbocycles. The van der Waals surface area contributed by atoms with E-state index in [0.717, 1.165) is 35.1 Å². The Hall–Kier alpha value is -0.963. The lowest BCUT2D eigenvalue weighted by Gasteiger charge is -2.18. The average molecular weight is 266 g/mol. The zero-order chi connectivity index (χ0) is 14.1. The summed E-state index contributed by atoms with van der Waals surface area (Å²) in [5, 5.41) is 20.3. The van der Waals surface area contributed by atoms with Crippen LogP contribution in [0.25, 0.3) is 0 Å². The smallest absolute Gasteiger partial charge is 0.122 e. The summed E-state index contributed by atoms with van der Waals surface area (Å²) in [4.78, 5) is 0. The van der Waals surface area contributed by atoms with Crippen LogP contribution >= 0.6 is 0 Å². The van der Waals surface area contributed by atoms with Crippen molar-refractivity contribution >= 4 is 8.07 Å². The summed E-state index contributed by atoms with van der Waals surface area (Å²) < 4.78 is 0. The summed E-state index contributed by atoms with van der Waals surface area (Å²) in [5.41, 5.74) is 3.36. The Labute approximate surface area is 112 Å². The van der Waals surface area contributed by atoms with E-state index in [-0.39, 0.29) is 0 Å². The Morgan fingerprint density at radius 2 is 1.33 bits per heavy atom. The van der Waals surface area contributed by atoms with Crippen molar-refractivity contribution in [3.05, 3.63) is 22.3 Å². The fraction of sp³-hybridized carbons (Fsp3) is 0.600. The molecule has 18 heavy (non-hydrogen) atoms. The van der Waals surface area contributed by atoms with Crippen LogP contribution < -0.4 is 0 Å². The molecule has 0 spiro atoms. The van der Waals surface area contributed by atoms with Gasteiger partial charge in [-0.25, -0.2) is 0 Å². The van der Waals surface area contributed by atoms with Crippen molar-refractivity contribution in [2.45, 2.75) is 59.3 Å². The van der Waals surface area contributed by atoms with Gasteiger partial charge < -0.3 is 10.2 Å². The molecule has 0 aliphatic heterocycles. The third-order valence-corrected chi connectivity index (χ3v) is 5.57. The SMILES string of the molecule is Cc1c(C)c(O)c(CCC[Si](C)(C)C)c(C)c1O. The lowest BCUT2D eigenvalue weighted by molar-refractivity contribution is 0.443. The second kappa shape index (κ2) is 5.35. The van der Waals surface area contributed by atoms with Gasteiger partial charge in [0.05, 0.1) is 0 Å². The molecule has 2 N–H and O–H groups in total. The maximum absolute atomic E-state index is 10.2. The second-order valence-electron chi connectivity index (χ2n) is 6.46. The Kier molecular flexibility index (Phi) is 4.49. The minimum atomic E-state index is -1.03. The normalized spacial score (nSPS) is 11.9. The molecule has 0 fully saturated rings. The van der Waals surface area contributed by atoms with Crippen LogP contribution in [0.4, 0.5) is 0 Å². The molecule has 1 aromatic carbocycles. The average Bonchev–Trinajstić information content (AvgIpc) is 2.27. The van der Waals surface area contributed by atoms with Gasteiger partial charge in [0.25, 0.3) is 0 Å². The zero-order valence-corrected chi connectivity index (χ0v) is 13.5. The maximum atomic E-state index is 10.2. The summed E-state index contributed by atoms with van der Waals surface area (Å²) in [6.07, 6.45) is 1.95. The highest BCUT2D eigenvalue weighted by Crippen LogP contribution is 2.37. The van der Waals surface area contributed by atoms with Crippen molar-refractivity contribution in [2.24, 2.45) is 0 Å². The molecule has 0 atom stereocenters. The van der Waals surface area contributed by atoms with Gasteiger partial charge in [-0.3, -0.25) is 0 Å². The molecule has 1 aromatic rings. The lowest BCUT2D eigenvalue weighted by atomic mass is 9.95. The predicted octanol–water partition coefficient (Wildman–Crippen LogP) is 4.29. The first-order valence-electron chi connectivity index (χ1n) is 6.65. The standard InChI is InChI=1S/C15H26O2Si/c1-10-11(2)15(17)13(12(3)14(10)16)8-7-9-18(4,5)6/h16-17H,7-9H2,1-6H3. The number of rotatable bonds is 4. The molecule has 1 rings (SSSR count). The highest BCUT2D eigenvalue weighted by Gasteiger charge is 2.18. The van der Waals surface area contributed by atoms with Crippen molar-refractivity contribution < 1.29 is 10.2 Å². The minimum Gasteiger partial charge on any atom is -0.507 e. The number of aromatic hydroxyl groups is 2. The molecule has 102 valence electrons. The molecule has 0 amide bonds. The highest BCUT2D eigenvalue weighted by atomic mass is 28.3. The van der Waals surface area contributed by atoms with Crippen molar-refractivity contribution in [1.82, 2.24) is 0 Å². The molecular formula is C15H26O2Si. The quantitative estimate of drug-likeness (QED) is 0.630. The fourth-order valence-corrected chi connectivity index (χ4v) is 3.52. The maximum Gasteiger partial charge on any atom is 0.122 e. The molecule has 0 aliphatic rings. The lowest BCUT2D eigenvalue weighted by Crippen LogP contribution is -2.19. The first kappa shape index (κ1) is 15.1. The van der Waals surface area contributed by atoms with Crippen LogP contribution in [-0.2, 0) is 6.42 Å². The van der Waals surface area contributed by atoms with Gasteiger partial charge in [-0.15, -0.1) is 0 Å². The summed E-state index contributed by atoms with van der Waals surface area (Å²) in [6, 6.07) is 1.25. The van der Waals surface area contributed by atoms with Crippen LogP contribution in [0.15, 0.2) is 0 Å². The highest BCUT2D eigenvalue weighted by molar-refractivity contribution is 6.76. The van der Waals surface area contributed by atoms with E-state index in [2.05, 4.69) is 19.6 Å². The fourth-order valence-electron chi connectivity index (χ4n) is 2.28. The van der Waals surface area contributed by atoms with Gasteiger partial charge >= 0.3 is 0 Å². The Balaban J connectivity index is 2.96. The van der Waals surface area contributed by atoms with E-state index in [9.17, 15) is 10.2 Å². The molecular weight excluding hydrogens is 240 g/mol. The van der Waals surface area contributed by atoms with Crippen molar-refractivity contribution in [2.75, 3.05) is 0 Å². The van der Waals surface area contributed by atoms with Crippen LogP contribution in [0.5, 0.6) is 11.5 Å². The third kappa shape index (κ3) is 3.28. The zero-order valence-electron chi connectivity index (χ0n) is 12.5. The Morgan fingerprint density at radius 1 is 0.833 bits per heavy atom. The third-order valence-electron chi connectivity index (χ3n) is 3.72. The number of phenols is 2. The molecule has 3 heteroatoms. The van der Waals surface area contributed by atoms with Crippen molar-refractivity contribution in [1.29, 1.82) is 0 Å². The topological polar surface area (TPSA) is 40.5 Å². The number of benzene rings is 1. The second-order valence-corrected chi connectivity index (χ2v) is 12.1. The van der Waals surface area contributed by atoms with Crippen molar-refractivity contribution in [3.8, 4) is 11.5 Å². The van der Waals surface area contributed by atoms with E-state index < -0.39 is 8.07 Å². The minimum absolute atomic E-state index is 0.341. The molecule has 2 nitrogen and oxygen atoms in total. The summed E-state index contributed by atoms with van der Waals surface area (Å²) in [5.74, 6) is 0.715. The van der Waals surface area contributed by atoms with Crippen LogP contribution in [0, 0.1) is 20.8 Å². The van der Waals surface area contributed by atoms with Gasteiger partial charge in [0.2, 0.25) is 0 Å². The van der Waals surface area contributed by atoms with Gasteiger partial charge in [0.1, 0.15) is 11.5 Å². The molecule has 0 saturated heterocycles. The van der Waals surface area contributed by atoms with Gasteiger partial charge in [-0.05, 0) is 43.9 Å². The Bertz CT molecular complexity index is 416. The first-order chi connectivity index (χ1) is 8.15. The van der Waals surface area contributed by atoms with Gasteiger partial charge in [-0.1, -0.05) is 32.1 Å². The van der Waals surface area contributed by atoms with E-state index >= 15 is 0 Å². The first-order valence-corrected chi connectivity index (χ1v) is 10.4. The van der Waals surface area contributed by atoms with Gasteiger partial charge in [0.15, 0.2) is 0 Å². The summed E-state index contributed by atoms with van der Waals surface area (Å²) in [7, 11) is -1.03. The van der Waals surface area contributed by atoms with Gasteiger partial charge in [0, 0.05) is 13.6 Å². The van der Waals surface area contributed by atoms with Gasteiger partial charge in [-0.2, -0.15) is 0 Å². The molecule has 0 unspecified atom stereocenters. The predicted molar refractivity (Wildman–Crippen MR) is 80.5 cm³/mol. The monoisotopic (exact) mass is 266 g/mol. The van der Waals surface area contributed by atoms with Crippen molar-refractivity contribution in [3.63, 3.8) is 0 Å². The van der Waals surface area contributed by atoms with E-state index in [1.165, 1.54) is 6.04 Å². The summed E-state index contributed by atoms with van der Waals surface area (Å²) in [6.45, 7) is 12.7. The molecule has 0 aromatic heterocycles. The van der Waals surface area contributed by atoms with E-state index in [1.807, 2.05) is 20.8 Å². The van der Waals surface area contributed by atoms with E-state index in [4.69, 9.17) is 0 Å².